The molecule has 1 aliphatic rings. The first-order valence-electron chi connectivity index (χ1n) is 6.70. The molecule has 100 valence electrons. The summed E-state index contributed by atoms with van der Waals surface area (Å²) in [6.07, 6.45) is 4.47. The van der Waals surface area contributed by atoms with Crippen LogP contribution in [0.2, 0.25) is 0 Å². The summed E-state index contributed by atoms with van der Waals surface area (Å²) < 4.78 is 0. The van der Waals surface area contributed by atoms with Gasteiger partial charge in [-0.25, -0.2) is 0 Å². The van der Waals surface area contributed by atoms with Crippen LogP contribution in [-0.4, -0.2) is 30.0 Å². The lowest BCUT2D eigenvalue weighted by molar-refractivity contribution is 0.176. The molecule has 0 spiro atoms. The van der Waals surface area contributed by atoms with E-state index in [9.17, 15) is 0 Å². The van der Waals surface area contributed by atoms with E-state index in [0.717, 1.165) is 6.42 Å². The van der Waals surface area contributed by atoms with Crippen LogP contribution in [0.15, 0.2) is 24.3 Å². The maximum Gasteiger partial charge on any atom is 0.0369 e. The van der Waals surface area contributed by atoms with Crippen LogP contribution < -0.4 is 5.73 Å². The predicted octanol–water partition coefficient (Wildman–Crippen LogP) is 3.20. The molecule has 0 heterocycles. The van der Waals surface area contributed by atoms with Crippen molar-refractivity contribution in [3.05, 3.63) is 35.4 Å². The summed E-state index contributed by atoms with van der Waals surface area (Å²) in [7, 11) is 2.24. The zero-order chi connectivity index (χ0) is 13.1. The van der Waals surface area contributed by atoms with E-state index >= 15 is 0 Å². The van der Waals surface area contributed by atoms with Crippen LogP contribution in [-0.2, 0) is 0 Å². The van der Waals surface area contributed by atoms with Crippen LogP contribution in [0, 0.1) is 0 Å². The van der Waals surface area contributed by atoms with Gasteiger partial charge in [-0.2, -0.15) is 11.8 Å². The third-order valence-electron chi connectivity index (χ3n) is 4.16. The highest BCUT2D eigenvalue weighted by atomic mass is 32.2. The number of fused-ring (bicyclic) bond motifs is 1. The Morgan fingerprint density at radius 1 is 1.39 bits per heavy atom. The molecule has 0 aromatic heterocycles. The summed E-state index contributed by atoms with van der Waals surface area (Å²) in [5.41, 5.74) is 9.02. The lowest BCUT2D eigenvalue weighted by Gasteiger charge is -2.31. The Hall–Kier alpha value is -0.510. The highest BCUT2D eigenvalue weighted by Crippen LogP contribution is 2.41. The number of thioether (sulfide) groups is 1. The summed E-state index contributed by atoms with van der Waals surface area (Å²) in [5, 5.41) is 0. The molecule has 0 saturated heterocycles. The van der Waals surface area contributed by atoms with Gasteiger partial charge in [0.15, 0.2) is 0 Å². The number of nitrogens with two attached hydrogens (primary N) is 1. The molecular formula is C15H24N2S. The molecule has 2 nitrogen and oxygen atoms in total. The zero-order valence-corrected chi connectivity index (χ0v) is 12.4. The molecule has 1 aromatic rings. The van der Waals surface area contributed by atoms with Gasteiger partial charge in [0.05, 0.1) is 0 Å². The molecular weight excluding hydrogens is 240 g/mol. The fourth-order valence-corrected chi connectivity index (χ4v) is 3.41. The van der Waals surface area contributed by atoms with Crippen molar-refractivity contribution in [2.45, 2.75) is 37.9 Å². The third-order valence-corrected chi connectivity index (χ3v) is 4.80. The SMILES string of the molecule is CSCCC(C)N(C)C1CC(N)c2ccccc21. The number of hydrogen-bond acceptors (Lipinski definition) is 3. The largest absolute Gasteiger partial charge is 0.324 e. The average Bonchev–Trinajstić information content (AvgIpc) is 2.73. The normalized spacial score (nSPS) is 24.3. The maximum atomic E-state index is 6.24. The fraction of sp³-hybridized carbons (Fsp3) is 0.600. The van der Waals surface area contributed by atoms with Crippen LogP contribution in [0.25, 0.3) is 0 Å². The van der Waals surface area contributed by atoms with Crippen molar-refractivity contribution in [2.75, 3.05) is 19.1 Å². The number of rotatable bonds is 5. The molecule has 3 atom stereocenters. The monoisotopic (exact) mass is 264 g/mol. The van der Waals surface area contributed by atoms with Crippen molar-refractivity contribution in [3.8, 4) is 0 Å². The lowest BCUT2D eigenvalue weighted by atomic mass is 10.1. The molecule has 3 unspecified atom stereocenters. The molecule has 2 N–H and O–H groups in total. The van der Waals surface area contributed by atoms with Crippen molar-refractivity contribution in [1.29, 1.82) is 0 Å². The van der Waals surface area contributed by atoms with E-state index in [1.54, 1.807) is 0 Å². The molecule has 0 saturated carbocycles. The van der Waals surface area contributed by atoms with Gasteiger partial charge in [0, 0.05) is 18.1 Å². The van der Waals surface area contributed by atoms with Crippen LogP contribution in [0.4, 0.5) is 0 Å². The van der Waals surface area contributed by atoms with E-state index < -0.39 is 0 Å². The van der Waals surface area contributed by atoms with Gasteiger partial charge in [-0.3, -0.25) is 4.90 Å². The minimum absolute atomic E-state index is 0.210. The van der Waals surface area contributed by atoms with Crippen molar-refractivity contribution in [3.63, 3.8) is 0 Å². The highest BCUT2D eigenvalue weighted by molar-refractivity contribution is 7.98. The molecule has 0 fully saturated rings. The second-order valence-corrected chi connectivity index (χ2v) is 6.27. The van der Waals surface area contributed by atoms with Crippen molar-refractivity contribution >= 4 is 11.8 Å². The van der Waals surface area contributed by atoms with Gasteiger partial charge in [-0.05, 0) is 49.9 Å². The molecule has 0 bridgehead atoms. The molecule has 0 aliphatic heterocycles. The molecule has 1 aliphatic carbocycles. The van der Waals surface area contributed by atoms with Crippen LogP contribution in [0.3, 0.4) is 0 Å². The van der Waals surface area contributed by atoms with E-state index in [4.69, 9.17) is 5.73 Å². The van der Waals surface area contributed by atoms with E-state index in [1.807, 2.05) is 11.8 Å². The molecule has 3 heteroatoms. The van der Waals surface area contributed by atoms with Gasteiger partial charge < -0.3 is 5.73 Å². The third kappa shape index (κ3) is 2.73. The van der Waals surface area contributed by atoms with Gasteiger partial charge >= 0.3 is 0 Å². The Labute approximate surface area is 115 Å². The minimum Gasteiger partial charge on any atom is -0.324 e. The average molecular weight is 264 g/mol. The van der Waals surface area contributed by atoms with Gasteiger partial charge in [0.2, 0.25) is 0 Å². The number of benzene rings is 1. The molecule has 1 aromatic carbocycles. The molecule has 0 radical (unpaired) electrons. The van der Waals surface area contributed by atoms with Gasteiger partial charge in [0.1, 0.15) is 0 Å². The number of hydrogen-bond donors (Lipinski definition) is 1. The van der Waals surface area contributed by atoms with E-state index in [-0.39, 0.29) is 6.04 Å². The molecule has 2 rings (SSSR count). The maximum absolute atomic E-state index is 6.24. The summed E-state index contributed by atoms with van der Waals surface area (Å²) in [6.45, 7) is 2.32. The topological polar surface area (TPSA) is 29.3 Å². The highest BCUT2D eigenvalue weighted by Gasteiger charge is 2.32. The molecule has 0 amide bonds. The van der Waals surface area contributed by atoms with Crippen molar-refractivity contribution in [1.82, 2.24) is 4.90 Å². The first-order chi connectivity index (χ1) is 8.65. The smallest absolute Gasteiger partial charge is 0.0369 e. The van der Waals surface area contributed by atoms with E-state index in [1.165, 1.54) is 23.3 Å². The first kappa shape index (κ1) is 13.9. The van der Waals surface area contributed by atoms with Gasteiger partial charge in [-0.15, -0.1) is 0 Å². The lowest BCUT2D eigenvalue weighted by Crippen LogP contribution is -2.32. The first-order valence-corrected chi connectivity index (χ1v) is 8.09. The van der Waals surface area contributed by atoms with Crippen molar-refractivity contribution < 1.29 is 0 Å². The minimum atomic E-state index is 0.210. The standard InChI is InChI=1S/C15H24N2S/c1-11(8-9-18-3)17(2)15-10-14(16)12-6-4-5-7-13(12)15/h4-7,11,14-15H,8-10,16H2,1-3H3. The number of nitrogens with zero attached hydrogens (tertiary/aromatic N) is 1. The van der Waals surface area contributed by atoms with E-state index in [2.05, 4.69) is 49.4 Å². The Kier molecular flexibility index (Phi) is 4.71. The second kappa shape index (κ2) is 6.09. The molecule has 18 heavy (non-hydrogen) atoms. The van der Waals surface area contributed by atoms with Crippen LogP contribution >= 0.6 is 11.8 Å². The summed E-state index contributed by atoms with van der Waals surface area (Å²) in [4.78, 5) is 2.50. The second-order valence-electron chi connectivity index (χ2n) is 5.28. The van der Waals surface area contributed by atoms with E-state index in [0.29, 0.717) is 12.1 Å². The Bertz CT molecular complexity index is 394. The zero-order valence-electron chi connectivity index (χ0n) is 11.6. The Morgan fingerprint density at radius 2 is 2.06 bits per heavy atom. The van der Waals surface area contributed by atoms with Gasteiger partial charge in [-0.1, -0.05) is 24.3 Å². The Morgan fingerprint density at radius 3 is 2.72 bits per heavy atom. The summed E-state index contributed by atoms with van der Waals surface area (Å²) >= 11 is 1.92. The predicted molar refractivity (Wildman–Crippen MR) is 81.0 cm³/mol. The van der Waals surface area contributed by atoms with Gasteiger partial charge in [0.25, 0.3) is 0 Å². The van der Waals surface area contributed by atoms with Crippen molar-refractivity contribution in [2.24, 2.45) is 5.73 Å². The summed E-state index contributed by atoms with van der Waals surface area (Å²) in [5.74, 6) is 1.23. The Balaban J connectivity index is 2.11. The van der Waals surface area contributed by atoms with Crippen LogP contribution in [0.5, 0.6) is 0 Å². The van der Waals surface area contributed by atoms with Crippen LogP contribution in [0.1, 0.15) is 43.0 Å². The summed E-state index contributed by atoms with van der Waals surface area (Å²) in [6, 6.07) is 9.96. The fourth-order valence-electron chi connectivity index (χ4n) is 2.83. The quantitative estimate of drug-likeness (QED) is 0.885.